The van der Waals surface area contributed by atoms with Crippen molar-refractivity contribution in [1.29, 1.82) is 0 Å². The number of allylic oxidation sites excluding steroid dienone is 4. The van der Waals surface area contributed by atoms with Gasteiger partial charge in [0, 0.05) is 0 Å². The molecule has 11 heavy (non-hydrogen) atoms. The molecule has 0 N–H and O–H groups in total. The Labute approximate surface area is 71.9 Å². The van der Waals surface area contributed by atoms with E-state index in [1.807, 2.05) is 0 Å². The fraction of sp³-hybridized carbons (Fsp3) is 0.600. The van der Waals surface area contributed by atoms with Crippen LogP contribution in [0.4, 0.5) is 0 Å². The minimum atomic E-state index is 0.319. The molecule has 0 aromatic rings. The first-order chi connectivity index (χ1) is 5.36. The molecule has 1 saturated carbocycles. The first-order valence-corrected chi connectivity index (χ1v) is 4.80. The van der Waals surface area contributed by atoms with Crippen molar-refractivity contribution in [3.8, 4) is 0 Å². The Morgan fingerprint density at radius 3 is 2.64 bits per heavy atom. The molecule has 0 radical (unpaired) electrons. The summed E-state index contributed by atoms with van der Waals surface area (Å²) in [5, 5.41) is 0.319. The van der Waals surface area contributed by atoms with Crippen LogP contribution < -0.4 is 0 Å². The number of hydrogen-bond donors (Lipinski definition) is 0. The highest BCUT2D eigenvalue weighted by molar-refractivity contribution is 6.22. The third kappa shape index (κ3) is 0.666. The molecule has 3 aliphatic carbocycles. The summed E-state index contributed by atoms with van der Waals surface area (Å²) >= 11 is 6.19. The maximum absolute atomic E-state index is 6.19. The minimum Gasteiger partial charge on any atom is -0.118 e. The maximum atomic E-state index is 6.19. The van der Waals surface area contributed by atoms with Crippen LogP contribution in [0.5, 0.6) is 0 Å². The van der Waals surface area contributed by atoms with E-state index in [-0.39, 0.29) is 0 Å². The highest BCUT2D eigenvalue weighted by atomic mass is 35.5. The molecule has 1 fully saturated rings. The lowest BCUT2D eigenvalue weighted by molar-refractivity contribution is 0.402. The van der Waals surface area contributed by atoms with Gasteiger partial charge in [0.1, 0.15) is 0 Å². The van der Waals surface area contributed by atoms with Gasteiger partial charge >= 0.3 is 0 Å². The van der Waals surface area contributed by atoms with Gasteiger partial charge in [-0.1, -0.05) is 24.3 Å². The van der Waals surface area contributed by atoms with Gasteiger partial charge in [-0.05, 0) is 30.1 Å². The number of hydrogen-bond acceptors (Lipinski definition) is 0. The van der Waals surface area contributed by atoms with E-state index in [9.17, 15) is 0 Å². The second-order valence-electron chi connectivity index (χ2n) is 3.93. The SMILES string of the molecule is ClC1C=CC2C3C=CC(C3)C12. The zero-order chi connectivity index (χ0) is 7.42. The standard InChI is InChI=1S/C10H11Cl/c11-9-4-3-8-6-1-2-7(5-6)10(8)9/h1-4,6-10H,5H2. The largest absolute Gasteiger partial charge is 0.118 e. The maximum Gasteiger partial charge on any atom is 0.0555 e. The Morgan fingerprint density at radius 1 is 1.00 bits per heavy atom. The third-order valence-corrected chi connectivity index (χ3v) is 3.90. The fourth-order valence-electron chi connectivity index (χ4n) is 2.98. The zero-order valence-corrected chi connectivity index (χ0v) is 7.04. The molecule has 5 unspecified atom stereocenters. The van der Waals surface area contributed by atoms with Gasteiger partial charge in [-0.15, -0.1) is 11.6 Å². The van der Waals surface area contributed by atoms with E-state index in [1.54, 1.807) is 0 Å². The van der Waals surface area contributed by atoms with Crippen LogP contribution in [0.15, 0.2) is 24.3 Å². The van der Waals surface area contributed by atoms with E-state index in [0.29, 0.717) is 5.38 Å². The molecule has 0 spiro atoms. The molecule has 0 heterocycles. The summed E-state index contributed by atoms with van der Waals surface area (Å²) in [6.45, 7) is 0. The lowest BCUT2D eigenvalue weighted by atomic mass is 9.85. The number of alkyl halides is 1. The van der Waals surface area contributed by atoms with Crippen molar-refractivity contribution in [2.75, 3.05) is 0 Å². The molecule has 0 aromatic carbocycles. The third-order valence-electron chi connectivity index (χ3n) is 3.47. The molecule has 58 valence electrons. The fourth-order valence-corrected chi connectivity index (χ4v) is 3.42. The van der Waals surface area contributed by atoms with Gasteiger partial charge in [-0.2, -0.15) is 0 Å². The van der Waals surface area contributed by atoms with Gasteiger partial charge in [0.25, 0.3) is 0 Å². The molecule has 2 bridgehead atoms. The quantitative estimate of drug-likeness (QED) is 0.383. The molecule has 5 atom stereocenters. The van der Waals surface area contributed by atoms with Crippen LogP contribution in [0.3, 0.4) is 0 Å². The first kappa shape index (κ1) is 6.30. The molecule has 0 aliphatic heterocycles. The number of fused-ring (bicyclic) bond motifs is 5. The Balaban J connectivity index is 2.02. The molecule has 3 aliphatic rings. The summed E-state index contributed by atoms with van der Waals surface area (Å²) in [5.41, 5.74) is 0. The summed E-state index contributed by atoms with van der Waals surface area (Å²) in [4.78, 5) is 0. The van der Waals surface area contributed by atoms with E-state index in [4.69, 9.17) is 11.6 Å². The smallest absolute Gasteiger partial charge is 0.0555 e. The average molecular weight is 167 g/mol. The van der Waals surface area contributed by atoms with Crippen LogP contribution in [0.2, 0.25) is 0 Å². The number of rotatable bonds is 0. The van der Waals surface area contributed by atoms with Gasteiger partial charge < -0.3 is 0 Å². The first-order valence-electron chi connectivity index (χ1n) is 4.37. The molecule has 3 rings (SSSR count). The predicted molar refractivity (Wildman–Crippen MR) is 46.5 cm³/mol. The monoisotopic (exact) mass is 166 g/mol. The number of halogens is 1. The average Bonchev–Trinajstić information content (AvgIpc) is 2.60. The van der Waals surface area contributed by atoms with Gasteiger partial charge in [-0.25, -0.2) is 0 Å². The van der Waals surface area contributed by atoms with Crippen molar-refractivity contribution >= 4 is 11.6 Å². The van der Waals surface area contributed by atoms with Crippen molar-refractivity contribution in [3.63, 3.8) is 0 Å². The van der Waals surface area contributed by atoms with Crippen LogP contribution in [0.1, 0.15) is 6.42 Å². The van der Waals surface area contributed by atoms with Crippen LogP contribution >= 0.6 is 11.6 Å². The van der Waals surface area contributed by atoms with E-state index in [0.717, 1.165) is 23.7 Å². The highest BCUT2D eigenvalue weighted by Crippen LogP contribution is 2.53. The van der Waals surface area contributed by atoms with Gasteiger partial charge in [0.15, 0.2) is 0 Å². The minimum absolute atomic E-state index is 0.319. The van der Waals surface area contributed by atoms with E-state index < -0.39 is 0 Å². The lowest BCUT2D eigenvalue weighted by Crippen LogP contribution is -2.20. The molecular weight excluding hydrogens is 156 g/mol. The lowest BCUT2D eigenvalue weighted by Gasteiger charge is -2.22. The van der Waals surface area contributed by atoms with Gasteiger partial charge in [-0.3, -0.25) is 0 Å². The topological polar surface area (TPSA) is 0 Å². The van der Waals surface area contributed by atoms with Crippen LogP contribution in [0, 0.1) is 23.7 Å². The summed E-state index contributed by atoms with van der Waals surface area (Å²) < 4.78 is 0. The van der Waals surface area contributed by atoms with Crippen molar-refractivity contribution in [2.24, 2.45) is 23.7 Å². The Kier molecular flexibility index (Phi) is 1.10. The van der Waals surface area contributed by atoms with E-state index >= 15 is 0 Å². The molecule has 1 heteroatoms. The highest BCUT2D eigenvalue weighted by Gasteiger charge is 2.48. The van der Waals surface area contributed by atoms with Crippen molar-refractivity contribution < 1.29 is 0 Å². The molecule has 0 aromatic heterocycles. The van der Waals surface area contributed by atoms with Crippen LogP contribution in [-0.4, -0.2) is 5.38 Å². The Morgan fingerprint density at radius 2 is 1.82 bits per heavy atom. The molecule has 0 saturated heterocycles. The second kappa shape index (κ2) is 1.92. The van der Waals surface area contributed by atoms with Crippen molar-refractivity contribution in [3.05, 3.63) is 24.3 Å². The van der Waals surface area contributed by atoms with Crippen molar-refractivity contribution in [1.82, 2.24) is 0 Å². The predicted octanol–water partition coefficient (Wildman–Crippen LogP) is 2.60. The Bertz CT molecular complexity index is 241. The summed E-state index contributed by atoms with van der Waals surface area (Å²) in [5.74, 6) is 3.15. The molecule has 0 nitrogen and oxygen atoms in total. The van der Waals surface area contributed by atoms with Gasteiger partial charge in [0.05, 0.1) is 5.38 Å². The summed E-state index contributed by atoms with van der Waals surface area (Å²) in [6, 6.07) is 0. The summed E-state index contributed by atoms with van der Waals surface area (Å²) in [7, 11) is 0. The normalized spacial score (nSPS) is 57.4. The molecule has 0 amide bonds. The van der Waals surface area contributed by atoms with Gasteiger partial charge in [0.2, 0.25) is 0 Å². The zero-order valence-electron chi connectivity index (χ0n) is 6.28. The van der Waals surface area contributed by atoms with E-state index in [2.05, 4.69) is 24.3 Å². The summed E-state index contributed by atoms with van der Waals surface area (Å²) in [6.07, 6.45) is 10.6. The van der Waals surface area contributed by atoms with Crippen LogP contribution in [0.25, 0.3) is 0 Å². The molecular formula is C10H11Cl. The second-order valence-corrected chi connectivity index (χ2v) is 4.44. The van der Waals surface area contributed by atoms with Crippen LogP contribution in [-0.2, 0) is 0 Å². The van der Waals surface area contributed by atoms with Crippen molar-refractivity contribution in [2.45, 2.75) is 11.8 Å². The van der Waals surface area contributed by atoms with E-state index in [1.165, 1.54) is 6.42 Å². The Hall–Kier alpha value is -0.230.